The Kier molecular flexibility index (Phi) is 8.90. The number of unbranched alkanes of at least 4 members (excludes halogenated alkanes) is 1. The Morgan fingerprint density at radius 3 is 2.54 bits per heavy atom. The average Bonchev–Trinajstić information content (AvgIpc) is 2.68. The summed E-state index contributed by atoms with van der Waals surface area (Å²) in [6.07, 6.45) is 2.21. The van der Waals surface area contributed by atoms with E-state index in [1.807, 2.05) is 30.3 Å². The lowest BCUT2D eigenvalue weighted by molar-refractivity contribution is -0.121. The van der Waals surface area contributed by atoms with Crippen molar-refractivity contribution in [3.63, 3.8) is 0 Å². The summed E-state index contributed by atoms with van der Waals surface area (Å²) in [6.45, 7) is 2.71. The molecule has 2 rings (SSSR count). The van der Waals surface area contributed by atoms with Crippen molar-refractivity contribution in [3.8, 4) is 5.75 Å². The summed E-state index contributed by atoms with van der Waals surface area (Å²) in [5.74, 6) is 0.0219. The maximum atomic E-state index is 12.3. The number of hydrazine groups is 1. The number of carbonyl (C=O) groups is 2. The van der Waals surface area contributed by atoms with Gasteiger partial charge in [-0.05, 0) is 58.3 Å². The van der Waals surface area contributed by atoms with E-state index in [1.54, 1.807) is 18.2 Å². The summed E-state index contributed by atoms with van der Waals surface area (Å²) in [5.41, 5.74) is 6.28. The minimum atomic E-state index is -0.393. The first-order valence-corrected chi connectivity index (χ1v) is 10.1. The Labute approximate surface area is 178 Å². The second kappa shape index (κ2) is 11.4. The molecule has 2 aromatic rings. The summed E-state index contributed by atoms with van der Waals surface area (Å²) in [4.78, 5) is 24.2. The molecule has 0 saturated carbocycles. The molecule has 2 amide bonds. The van der Waals surface area contributed by atoms with Crippen LogP contribution in [0, 0.1) is 0 Å². The third-order valence-electron chi connectivity index (χ3n) is 3.70. The molecule has 0 aliphatic rings. The minimum Gasteiger partial charge on any atom is -0.492 e. The van der Waals surface area contributed by atoms with Gasteiger partial charge in [-0.3, -0.25) is 25.8 Å². The number of halogens is 1. The van der Waals surface area contributed by atoms with E-state index in [0.29, 0.717) is 22.4 Å². The number of nitrogens with one attached hydrogen (secondary N) is 3. The van der Waals surface area contributed by atoms with E-state index in [9.17, 15) is 9.59 Å². The molecule has 6 nitrogen and oxygen atoms in total. The number of thiocarbonyl (C=S) groups is 1. The molecule has 0 aromatic heterocycles. The zero-order chi connectivity index (χ0) is 20.4. The Bertz CT molecular complexity index is 831. The van der Waals surface area contributed by atoms with Gasteiger partial charge in [0.1, 0.15) is 5.75 Å². The molecule has 0 saturated heterocycles. The fourth-order valence-corrected chi connectivity index (χ4v) is 2.88. The fraction of sp³-hybridized carbons (Fsp3) is 0.250. The summed E-state index contributed by atoms with van der Waals surface area (Å²) >= 11 is 8.45. The fourth-order valence-electron chi connectivity index (χ4n) is 2.24. The van der Waals surface area contributed by atoms with E-state index in [2.05, 4.69) is 39.0 Å². The van der Waals surface area contributed by atoms with Crippen LogP contribution in [-0.2, 0) is 11.2 Å². The second-order valence-corrected chi connectivity index (χ2v) is 7.23. The molecule has 0 heterocycles. The molecule has 0 radical (unpaired) electrons. The smallest absolute Gasteiger partial charge is 0.257 e. The van der Waals surface area contributed by atoms with Gasteiger partial charge in [0.05, 0.1) is 17.5 Å². The average molecular weight is 464 g/mol. The summed E-state index contributed by atoms with van der Waals surface area (Å²) in [5, 5.41) is 2.52. The van der Waals surface area contributed by atoms with Crippen molar-refractivity contribution in [2.75, 3.05) is 6.61 Å². The van der Waals surface area contributed by atoms with Crippen LogP contribution >= 0.6 is 28.1 Å². The number of ether oxygens (including phenoxy) is 1. The lowest BCUT2D eigenvalue weighted by Gasteiger charge is -2.12. The van der Waals surface area contributed by atoms with Crippen molar-refractivity contribution in [2.24, 2.45) is 0 Å². The van der Waals surface area contributed by atoms with Gasteiger partial charge in [-0.15, -0.1) is 0 Å². The third-order valence-corrected chi connectivity index (χ3v) is 4.52. The number of carbonyl (C=O) groups excluding carboxylic acids is 2. The molecular weight excluding hydrogens is 442 g/mol. The van der Waals surface area contributed by atoms with E-state index in [0.717, 1.165) is 18.4 Å². The SMILES string of the molecule is CCCCOc1ccc(C(=O)NC(=S)NNC(=O)Cc2ccccc2)cc1Br. The largest absolute Gasteiger partial charge is 0.492 e. The molecule has 148 valence electrons. The van der Waals surface area contributed by atoms with Crippen molar-refractivity contribution in [2.45, 2.75) is 26.2 Å². The highest BCUT2D eigenvalue weighted by Crippen LogP contribution is 2.26. The van der Waals surface area contributed by atoms with E-state index < -0.39 is 5.91 Å². The predicted octanol–water partition coefficient (Wildman–Crippen LogP) is 3.51. The zero-order valence-corrected chi connectivity index (χ0v) is 17.9. The third kappa shape index (κ3) is 7.28. The number of rotatable bonds is 7. The van der Waals surface area contributed by atoms with Gasteiger partial charge in [-0.25, -0.2) is 0 Å². The molecule has 0 fully saturated rings. The number of amides is 2. The highest BCUT2D eigenvalue weighted by Gasteiger charge is 2.11. The van der Waals surface area contributed by atoms with Crippen molar-refractivity contribution in [1.82, 2.24) is 16.2 Å². The lowest BCUT2D eigenvalue weighted by atomic mass is 10.1. The summed E-state index contributed by atoms with van der Waals surface area (Å²) in [6, 6.07) is 14.4. The van der Waals surface area contributed by atoms with Crippen LogP contribution < -0.4 is 20.9 Å². The van der Waals surface area contributed by atoms with Crippen LogP contribution in [-0.4, -0.2) is 23.5 Å². The van der Waals surface area contributed by atoms with E-state index in [1.165, 1.54) is 0 Å². The van der Waals surface area contributed by atoms with Crippen LogP contribution in [0.25, 0.3) is 0 Å². The molecule has 0 atom stereocenters. The van der Waals surface area contributed by atoms with Gasteiger partial charge in [-0.1, -0.05) is 43.7 Å². The summed E-state index contributed by atoms with van der Waals surface area (Å²) in [7, 11) is 0. The molecule has 0 unspecified atom stereocenters. The highest BCUT2D eigenvalue weighted by atomic mass is 79.9. The first-order valence-electron chi connectivity index (χ1n) is 8.86. The monoisotopic (exact) mass is 463 g/mol. The normalized spacial score (nSPS) is 10.1. The quantitative estimate of drug-likeness (QED) is 0.332. The molecule has 0 aliphatic heterocycles. The van der Waals surface area contributed by atoms with Crippen LogP contribution in [0.2, 0.25) is 0 Å². The molecule has 0 bridgehead atoms. The van der Waals surface area contributed by atoms with Crippen LogP contribution in [0.3, 0.4) is 0 Å². The number of hydrogen-bond acceptors (Lipinski definition) is 4. The van der Waals surface area contributed by atoms with E-state index >= 15 is 0 Å². The van der Waals surface area contributed by atoms with Gasteiger partial charge in [0.25, 0.3) is 5.91 Å². The molecule has 8 heteroatoms. The Balaban J connectivity index is 1.80. The molecule has 28 heavy (non-hydrogen) atoms. The maximum absolute atomic E-state index is 12.3. The van der Waals surface area contributed by atoms with Crippen LogP contribution in [0.4, 0.5) is 0 Å². The number of benzene rings is 2. The second-order valence-electron chi connectivity index (χ2n) is 5.97. The van der Waals surface area contributed by atoms with E-state index in [-0.39, 0.29) is 17.4 Å². The molecule has 2 aromatic carbocycles. The van der Waals surface area contributed by atoms with Crippen LogP contribution in [0.1, 0.15) is 35.7 Å². The Morgan fingerprint density at radius 1 is 1.11 bits per heavy atom. The van der Waals surface area contributed by atoms with Gasteiger partial charge < -0.3 is 4.74 Å². The first-order chi connectivity index (χ1) is 13.5. The Morgan fingerprint density at radius 2 is 1.86 bits per heavy atom. The number of hydrogen-bond donors (Lipinski definition) is 3. The molecule has 0 spiro atoms. The topological polar surface area (TPSA) is 79.5 Å². The van der Waals surface area contributed by atoms with Crippen LogP contribution in [0.5, 0.6) is 5.75 Å². The van der Waals surface area contributed by atoms with E-state index in [4.69, 9.17) is 17.0 Å². The summed E-state index contributed by atoms with van der Waals surface area (Å²) < 4.78 is 6.33. The first kappa shape index (κ1) is 21.8. The van der Waals surface area contributed by atoms with Crippen molar-refractivity contribution in [3.05, 3.63) is 64.1 Å². The Hall–Kier alpha value is -2.45. The van der Waals surface area contributed by atoms with Crippen molar-refractivity contribution in [1.29, 1.82) is 0 Å². The standard InChI is InChI=1S/C20H22BrN3O3S/c1-2-3-11-27-17-10-9-15(13-16(17)21)19(26)22-20(28)24-23-18(25)12-14-7-5-4-6-8-14/h4-10,13H,2-3,11-12H2,1H3,(H,23,25)(H2,22,24,26,28). The van der Waals surface area contributed by atoms with Gasteiger partial charge in [0.2, 0.25) is 5.91 Å². The lowest BCUT2D eigenvalue weighted by Crippen LogP contribution is -2.48. The molecular formula is C20H22BrN3O3S. The van der Waals surface area contributed by atoms with Gasteiger partial charge in [-0.2, -0.15) is 0 Å². The minimum absolute atomic E-state index is 0.00538. The van der Waals surface area contributed by atoms with Crippen LogP contribution in [0.15, 0.2) is 53.0 Å². The van der Waals surface area contributed by atoms with Crippen molar-refractivity contribution < 1.29 is 14.3 Å². The van der Waals surface area contributed by atoms with Gasteiger partial charge in [0, 0.05) is 5.56 Å². The maximum Gasteiger partial charge on any atom is 0.257 e. The predicted molar refractivity (Wildman–Crippen MR) is 116 cm³/mol. The molecule has 0 aliphatic carbocycles. The zero-order valence-electron chi connectivity index (χ0n) is 15.5. The van der Waals surface area contributed by atoms with Gasteiger partial charge >= 0.3 is 0 Å². The highest BCUT2D eigenvalue weighted by molar-refractivity contribution is 9.10. The van der Waals surface area contributed by atoms with Gasteiger partial charge in [0.15, 0.2) is 5.11 Å². The molecule has 3 N–H and O–H groups in total. The van der Waals surface area contributed by atoms with Crippen molar-refractivity contribution >= 4 is 45.1 Å².